The van der Waals surface area contributed by atoms with Gasteiger partial charge in [0.2, 0.25) is 5.91 Å². The summed E-state index contributed by atoms with van der Waals surface area (Å²) in [4.78, 5) is 15.1. The molecule has 1 fully saturated rings. The van der Waals surface area contributed by atoms with Crippen LogP contribution in [0.25, 0.3) is 0 Å². The van der Waals surface area contributed by atoms with Crippen LogP contribution in [0, 0.1) is 0 Å². The van der Waals surface area contributed by atoms with Gasteiger partial charge in [-0.3, -0.25) is 9.69 Å². The summed E-state index contributed by atoms with van der Waals surface area (Å²) in [6, 6.07) is 10.7. The predicted molar refractivity (Wildman–Crippen MR) is 95.4 cm³/mol. The van der Waals surface area contributed by atoms with E-state index in [0.29, 0.717) is 6.54 Å². The van der Waals surface area contributed by atoms with Gasteiger partial charge in [0.15, 0.2) is 0 Å². The van der Waals surface area contributed by atoms with Gasteiger partial charge in [-0.05, 0) is 44.5 Å². The van der Waals surface area contributed by atoms with E-state index in [2.05, 4.69) is 60.6 Å². The predicted octanol–water partition coefficient (Wildman–Crippen LogP) is 2.72. The molecule has 1 saturated heterocycles. The number of rotatable bonds is 8. The number of carbonyl (C=O) groups excluding carboxylic acids is 1. The molecule has 4 nitrogen and oxygen atoms in total. The van der Waals surface area contributed by atoms with Crippen molar-refractivity contribution in [2.45, 2.75) is 51.6 Å². The normalized spacial score (nSPS) is 22.3. The lowest BCUT2D eigenvalue weighted by Gasteiger charge is -2.32. The molecule has 0 spiro atoms. The zero-order valence-corrected chi connectivity index (χ0v) is 14.8. The fourth-order valence-corrected chi connectivity index (χ4v) is 3.62. The first kappa shape index (κ1) is 18.0. The third-order valence-corrected chi connectivity index (χ3v) is 5.18. The van der Waals surface area contributed by atoms with Gasteiger partial charge < -0.3 is 10.6 Å². The van der Waals surface area contributed by atoms with Crippen molar-refractivity contribution in [3.8, 4) is 0 Å². The highest BCUT2D eigenvalue weighted by Gasteiger charge is 2.39. The zero-order valence-electron chi connectivity index (χ0n) is 14.8. The molecule has 0 radical (unpaired) electrons. The molecule has 0 aromatic heterocycles. The van der Waals surface area contributed by atoms with Crippen molar-refractivity contribution in [1.29, 1.82) is 0 Å². The van der Waals surface area contributed by atoms with Crippen molar-refractivity contribution in [1.82, 2.24) is 15.5 Å². The van der Waals surface area contributed by atoms with Gasteiger partial charge in [0.1, 0.15) is 0 Å². The van der Waals surface area contributed by atoms with Crippen LogP contribution in [0.1, 0.15) is 51.6 Å². The van der Waals surface area contributed by atoms with E-state index in [1.165, 1.54) is 5.56 Å². The Morgan fingerprint density at radius 2 is 1.96 bits per heavy atom. The third-order valence-electron chi connectivity index (χ3n) is 5.18. The summed E-state index contributed by atoms with van der Waals surface area (Å²) in [6.45, 7) is 10.00. The standard InChI is InChI=1S/C19H31N3O/c1-4-19(13-10-14-21-19)18(23)20-15-17(22(5-2)6-3)16-11-8-7-9-12-16/h7-9,11-12,17,21H,4-6,10,13-15H2,1-3H3,(H,20,23). The van der Waals surface area contributed by atoms with Gasteiger partial charge in [0, 0.05) is 6.54 Å². The lowest BCUT2D eigenvalue weighted by Crippen LogP contribution is -2.54. The Morgan fingerprint density at radius 3 is 2.48 bits per heavy atom. The van der Waals surface area contributed by atoms with Gasteiger partial charge in [-0.2, -0.15) is 0 Å². The Balaban J connectivity index is 2.07. The second-order valence-corrected chi connectivity index (χ2v) is 6.32. The first-order valence-corrected chi connectivity index (χ1v) is 8.99. The number of benzene rings is 1. The van der Waals surface area contributed by atoms with Crippen molar-refractivity contribution in [3.63, 3.8) is 0 Å². The largest absolute Gasteiger partial charge is 0.353 e. The van der Waals surface area contributed by atoms with Crippen LogP contribution in [-0.2, 0) is 4.79 Å². The SMILES string of the molecule is CCN(CC)C(CNC(=O)C1(CC)CCCN1)c1ccccc1. The average molecular weight is 317 g/mol. The lowest BCUT2D eigenvalue weighted by molar-refractivity contribution is -0.127. The molecule has 1 aromatic rings. The average Bonchev–Trinajstić information content (AvgIpc) is 3.09. The summed E-state index contributed by atoms with van der Waals surface area (Å²) < 4.78 is 0. The molecule has 4 heteroatoms. The minimum atomic E-state index is -0.357. The van der Waals surface area contributed by atoms with Gasteiger partial charge in [0.25, 0.3) is 0 Å². The quantitative estimate of drug-likeness (QED) is 0.775. The van der Waals surface area contributed by atoms with Crippen molar-refractivity contribution >= 4 is 5.91 Å². The first-order valence-electron chi connectivity index (χ1n) is 8.99. The van der Waals surface area contributed by atoms with E-state index in [1.54, 1.807) is 0 Å². The van der Waals surface area contributed by atoms with Crippen molar-refractivity contribution < 1.29 is 4.79 Å². The summed E-state index contributed by atoms with van der Waals surface area (Å²) in [6.07, 6.45) is 2.87. The van der Waals surface area contributed by atoms with E-state index in [9.17, 15) is 4.79 Å². The van der Waals surface area contributed by atoms with Crippen LogP contribution >= 0.6 is 0 Å². The van der Waals surface area contributed by atoms with E-state index in [1.807, 2.05) is 6.07 Å². The smallest absolute Gasteiger partial charge is 0.240 e. The molecule has 0 saturated carbocycles. The van der Waals surface area contributed by atoms with Crippen LogP contribution in [0.5, 0.6) is 0 Å². The number of carbonyl (C=O) groups is 1. The summed E-state index contributed by atoms with van der Waals surface area (Å²) >= 11 is 0. The summed E-state index contributed by atoms with van der Waals surface area (Å²) in [5.41, 5.74) is 0.909. The third kappa shape index (κ3) is 4.12. The van der Waals surface area contributed by atoms with Crippen LogP contribution < -0.4 is 10.6 Å². The number of nitrogens with one attached hydrogen (secondary N) is 2. The Bertz CT molecular complexity index is 479. The van der Waals surface area contributed by atoms with Crippen molar-refractivity contribution in [2.24, 2.45) is 0 Å². The summed E-state index contributed by atoms with van der Waals surface area (Å²) in [7, 11) is 0. The molecule has 2 rings (SSSR count). The fourth-order valence-electron chi connectivity index (χ4n) is 3.62. The van der Waals surface area contributed by atoms with Gasteiger partial charge in [-0.25, -0.2) is 0 Å². The highest BCUT2D eigenvalue weighted by molar-refractivity contribution is 5.86. The molecule has 1 heterocycles. The molecule has 0 bridgehead atoms. The van der Waals surface area contributed by atoms with Gasteiger partial charge in [-0.15, -0.1) is 0 Å². The maximum Gasteiger partial charge on any atom is 0.240 e. The summed E-state index contributed by atoms with van der Waals surface area (Å²) in [5, 5.41) is 6.64. The first-order chi connectivity index (χ1) is 11.2. The molecule has 1 amide bonds. The lowest BCUT2D eigenvalue weighted by atomic mass is 9.93. The molecule has 2 N–H and O–H groups in total. The molecular weight excluding hydrogens is 286 g/mol. The van der Waals surface area contributed by atoms with Gasteiger partial charge in [-0.1, -0.05) is 51.1 Å². The molecule has 128 valence electrons. The Hall–Kier alpha value is -1.39. The van der Waals surface area contributed by atoms with E-state index in [-0.39, 0.29) is 17.5 Å². The molecule has 1 aliphatic rings. The molecule has 23 heavy (non-hydrogen) atoms. The maximum atomic E-state index is 12.7. The second-order valence-electron chi connectivity index (χ2n) is 6.32. The Labute approximate surface area is 140 Å². The van der Waals surface area contributed by atoms with Gasteiger partial charge in [0.05, 0.1) is 11.6 Å². The highest BCUT2D eigenvalue weighted by atomic mass is 16.2. The van der Waals surface area contributed by atoms with E-state index in [0.717, 1.165) is 38.9 Å². The van der Waals surface area contributed by atoms with Gasteiger partial charge >= 0.3 is 0 Å². The van der Waals surface area contributed by atoms with Crippen LogP contribution in [0.2, 0.25) is 0 Å². The van der Waals surface area contributed by atoms with E-state index < -0.39 is 0 Å². The summed E-state index contributed by atoms with van der Waals surface area (Å²) in [5.74, 6) is 0.158. The van der Waals surface area contributed by atoms with Crippen LogP contribution in [0.4, 0.5) is 0 Å². The van der Waals surface area contributed by atoms with Crippen molar-refractivity contribution in [3.05, 3.63) is 35.9 Å². The second kappa shape index (κ2) is 8.46. The minimum absolute atomic E-state index is 0.158. The maximum absolute atomic E-state index is 12.7. The van der Waals surface area contributed by atoms with E-state index >= 15 is 0 Å². The van der Waals surface area contributed by atoms with Crippen LogP contribution in [0.3, 0.4) is 0 Å². The van der Waals surface area contributed by atoms with E-state index in [4.69, 9.17) is 0 Å². The number of likely N-dealkylation sites (N-methyl/N-ethyl adjacent to an activating group) is 1. The topological polar surface area (TPSA) is 44.4 Å². The number of hydrogen-bond acceptors (Lipinski definition) is 3. The number of hydrogen-bond donors (Lipinski definition) is 2. The molecule has 1 aromatic carbocycles. The number of nitrogens with zero attached hydrogens (tertiary/aromatic N) is 1. The molecule has 2 unspecified atom stereocenters. The van der Waals surface area contributed by atoms with Crippen molar-refractivity contribution in [2.75, 3.05) is 26.2 Å². The molecule has 2 atom stereocenters. The molecule has 1 aliphatic heterocycles. The van der Waals surface area contributed by atoms with Crippen LogP contribution in [0.15, 0.2) is 30.3 Å². The number of amides is 1. The monoisotopic (exact) mass is 317 g/mol. The molecule has 0 aliphatic carbocycles. The minimum Gasteiger partial charge on any atom is -0.353 e. The fraction of sp³-hybridized carbons (Fsp3) is 0.632. The highest BCUT2D eigenvalue weighted by Crippen LogP contribution is 2.24. The zero-order chi connectivity index (χ0) is 16.7. The molecular formula is C19H31N3O. The van der Waals surface area contributed by atoms with Crippen LogP contribution in [-0.4, -0.2) is 42.5 Å². The Kier molecular flexibility index (Phi) is 6.60. The Morgan fingerprint density at radius 1 is 1.26 bits per heavy atom.